The number of amides is 1. The lowest BCUT2D eigenvalue weighted by molar-refractivity contribution is -0.141. The molecule has 1 aromatic carbocycles. The Bertz CT molecular complexity index is 680. The van der Waals surface area contributed by atoms with Crippen LogP contribution in [0.5, 0.6) is 0 Å². The molecule has 0 aliphatic carbocycles. The van der Waals surface area contributed by atoms with Crippen LogP contribution in [0.25, 0.3) is 11.0 Å². The molecule has 1 amide bonds. The maximum atomic E-state index is 12.1. The molecule has 0 aliphatic heterocycles. The number of fused-ring (bicyclic) bond motifs is 1. The van der Waals surface area contributed by atoms with Gasteiger partial charge in [0.1, 0.15) is 11.6 Å². The molecule has 5 nitrogen and oxygen atoms in total. The Morgan fingerprint density at radius 1 is 1.41 bits per heavy atom. The lowest BCUT2D eigenvalue weighted by atomic mass is 10.1. The molecule has 0 saturated heterocycles. The quantitative estimate of drug-likeness (QED) is 0.819. The minimum absolute atomic E-state index is 0.111. The summed E-state index contributed by atoms with van der Waals surface area (Å²) in [6.07, 6.45) is 3.98. The summed E-state index contributed by atoms with van der Waals surface area (Å²) < 4.78 is 5.42. The molecule has 22 heavy (non-hydrogen) atoms. The van der Waals surface area contributed by atoms with E-state index in [4.69, 9.17) is 9.52 Å². The van der Waals surface area contributed by atoms with Crippen LogP contribution in [0.15, 0.2) is 28.9 Å². The number of nitrogens with one attached hydrogen (secondary N) is 1. The van der Waals surface area contributed by atoms with Gasteiger partial charge in [0.05, 0.1) is 12.7 Å². The average Bonchev–Trinajstić information content (AvgIpc) is 2.85. The third-order valence-corrected chi connectivity index (χ3v) is 4.05. The summed E-state index contributed by atoms with van der Waals surface area (Å²) in [7, 11) is 0. The fraction of sp³-hybridized carbons (Fsp3) is 0.375. The van der Waals surface area contributed by atoms with Gasteiger partial charge in [0, 0.05) is 10.9 Å². The van der Waals surface area contributed by atoms with Crippen molar-refractivity contribution >= 4 is 34.6 Å². The standard InChI is InChI=1S/C16H19NO4S/c1-10-3-4-14-12(7-10)11(9-21-14)8-15(18)17-13(16(19)20)5-6-22-2/h3-4,7,9,13H,5-6,8H2,1-2H3,(H,17,18)(H,19,20). The predicted octanol–water partition coefficient (Wildman–Crippen LogP) is 2.61. The fourth-order valence-corrected chi connectivity index (χ4v) is 2.72. The number of benzene rings is 1. The topological polar surface area (TPSA) is 79.5 Å². The van der Waals surface area contributed by atoms with Gasteiger partial charge < -0.3 is 14.8 Å². The van der Waals surface area contributed by atoms with Gasteiger partial charge in [0.2, 0.25) is 5.91 Å². The van der Waals surface area contributed by atoms with Crippen LogP contribution in [0, 0.1) is 6.92 Å². The smallest absolute Gasteiger partial charge is 0.326 e. The number of thioether (sulfide) groups is 1. The first kappa shape index (κ1) is 16.4. The summed E-state index contributed by atoms with van der Waals surface area (Å²) in [5, 5.41) is 12.6. The third-order valence-electron chi connectivity index (χ3n) is 3.40. The van der Waals surface area contributed by atoms with E-state index in [1.54, 1.807) is 18.0 Å². The second kappa shape index (κ2) is 7.35. The fourth-order valence-electron chi connectivity index (χ4n) is 2.24. The van der Waals surface area contributed by atoms with E-state index in [-0.39, 0.29) is 12.3 Å². The molecular weight excluding hydrogens is 302 g/mol. The number of carbonyl (C=O) groups is 2. The van der Waals surface area contributed by atoms with Crippen LogP contribution >= 0.6 is 11.8 Å². The highest BCUT2D eigenvalue weighted by Gasteiger charge is 2.20. The van der Waals surface area contributed by atoms with E-state index in [9.17, 15) is 9.59 Å². The molecular formula is C16H19NO4S. The Kier molecular flexibility index (Phi) is 5.49. The van der Waals surface area contributed by atoms with Gasteiger partial charge in [-0.05, 0) is 37.5 Å². The van der Waals surface area contributed by atoms with E-state index in [0.717, 1.165) is 22.1 Å². The van der Waals surface area contributed by atoms with E-state index in [0.29, 0.717) is 12.2 Å². The van der Waals surface area contributed by atoms with Crippen molar-refractivity contribution < 1.29 is 19.1 Å². The molecule has 2 N–H and O–H groups in total. The van der Waals surface area contributed by atoms with E-state index >= 15 is 0 Å². The Hall–Kier alpha value is -1.95. The number of carbonyl (C=O) groups excluding carboxylic acids is 1. The first-order valence-corrected chi connectivity index (χ1v) is 8.38. The molecule has 0 spiro atoms. The number of furan rings is 1. The van der Waals surface area contributed by atoms with Crippen LogP contribution in [0.2, 0.25) is 0 Å². The third kappa shape index (κ3) is 4.04. The van der Waals surface area contributed by atoms with Crippen molar-refractivity contribution in [3.63, 3.8) is 0 Å². The number of aliphatic carboxylic acids is 1. The maximum absolute atomic E-state index is 12.1. The SMILES string of the molecule is CSCCC(NC(=O)Cc1coc2ccc(C)cc12)C(=O)O. The van der Waals surface area contributed by atoms with Crippen molar-refractivity contribution in [2.24, 2.45) is 0 Å². The van der Waals surface area contributed by atoms with Crippen LogP contribution in [0.4, 0.5) is 0 Å². The van der Waals surface area contributed by atoms with Crippen molar-refractivity contribution in [3.8, 4) is 0 Å². The molecule has 0 bridgehead atoms. The normalized spacial score (nSPS) is 12.3. The molecule has 1 heterocycles. The molecule has 2 aromatic rings. The zero-order valence-corrected chi connectivity index (χ0v) is 13.4. The van der Waals surface area contributed by atoms with Gasteiger partial charge in [-0.25, -0.2) is 4.79 Å². The molecule has 6 heteroatoms. The van der Waals surface area contributed by atoms with Gasteiger partial charge in [-0.3, -0.25) is 4.79 Å². The van der Waals surface area contributed by atoms with Crippen molar-refractivity contribution in [2.75, 3.05) is 12.0 Å². The Morgan fingerprint density at radius 3 is 2.86 bits per heavy atom. The molecule has 0 saturated carbocycles. The van der Waals surface area contributed by atoms with E-state index in [2.05, 4.69) is 5.32 Å². The number of rotatable bonds is 7. The molecule has 0 radical (unpaired) electrons. The predicted molar refractivity (Wildman–Crippen MR) is 87.2 cm³/mol. The zero-order valence-electron chi connectivity index (χ0n) is 12.6. The lowest BCUT2D eigenvalue weighted by Gasteiger charge is -2.13. The summed E-state index contributed by atoms with van der Waals surface area (Å²) in [5.41, 5.74) is 2.58. The van der Waals surface area contributed by atoms with Crippen molar-refractivity contribution in [3.05, 3.63) is 35.6 Å². The monoisotopic (exact) mass is 321 g/mol. The second-order valence-corrected chi connectivity index (χ2v) is 6.16. The number of carboxylic acid groups (broad SMARTS) is 1. The second-order valence-electron chi connectivity index (χ2n) is 5.18. The number of carboxylic acids is 1. The molecule has 1 atom stereocenters. The van der Waals surface area contributed by atoms with Gasteiger partial charge in [-0.15, -0.1) is 0 Å². The molecule has 2 rings (SSSR count). The van der Waals surface area contributed by atoms with E-state index in [1.165, 1.54) is 0 Å². The van der Waals surface area contributed by atoms with E-state index in [1.807, 2.05) is 31.4 Å². The number of hydrogen-bond donors (Lipinski definition) is 2. The first-order chi connectivity index (χ1) is 10.5. The van der Waals surface area contributed by atoms with Crippen LogP contribution in [-0.4, -0.2) is 35.0 Å². The zero-order chi connectivity index (χ0) is 16.1. The van der Waals surface area contributed by atoms with Gasteiger partial charge >= 0.3 is 5.97 Å². The minimum atomic E-state index is -1.00. The molecule has 1 unspecified atom stereocenters. The average molecular weight is 321 g/mol. The van der Waals surface area contributed by atoms with Crippen LogP contribution in [0.1, 0.15) is 17.5 Å². The summed E-state index contributed by atoms with van der Waals surface area (Å²) >= 11 is 1.55. The Balaban J connectivity index is 2.06. The summed E-state index contributed by atoms with van der Waals surface area (Å²) in [6.45, 7) is 1.97. The van der Waals surface area contributed by atoms with E-state index < -0.39 is 12.0 Å². The van der Waals surface area contributed by atoms with Crippen molar-refractivity contribution in [1.29, 1.82) is 0 Å². The van der Waals surface area contributed by atoms with Crippen LogP contribution in [0.3, 0.4) is 0 Å². The molecule has 1 aromatic heterocycles. The largest absolute Gasteiger partial charge is 0.480 e. The summed E-state index contributed by atoms with van der Waals surface area (Å²) in [6, 6.07) is 4.92. The van der Waals surface area contributed by atoms with Crippen molar-refractivity contribution in [1.82, 2.24) is 5.32 Å². The lowest BCUT2D eigenvalue weighted by Crippen LogP contribution is -2.41. The Labute approximate surface area is 133 Å². The highest BCUT2D eigenvalue weighted by atomic mass is 32.2. The first-order valence-electron chi connectivity index (χ1n) is 6.99. The summed E-state index contributed by atoms with van der Waals surface area (Å²) in [5.74, 6) is -0.626. The van der Waals surface area contributed by atoms with Crippen LogP contribution in [-0.2, 0) is 16.0 Å². The molecule has 0 fully saturated rings. The van der Waals surface area contributed by atoms with Gasteiger partial charge in [-0.1, -0.05) is 11.6 Å². The summed E-state index contributed by atoms with van der Waals surface area (Å²) in [4.78, 5) is 23.3. The highest BCUT2D eigenvalue weighted by Crippen LogP contribution is 2.22. The minimum Gasteiger partial charge on any atom is -0.480 e. The highest BCUT2D eigenvalue weighted by molar-refractivity contribution is 7.98. The maximum Gasteiger partial charge on any atom is 0.326 e. The van der Waals surface area contributed by atoms with Crippen molar-refractivity contribution in [2.45, 2.75) is 25.8 Å². The Morgan fingerprint density at radius 2 is 2.18 bits per heavy atom. The van der Waals surface area contributed by atoms with Gasteiger partial charge in [0.25, 0.3) is 0 Å². The van der Waals surface area contributed by atoms with Gasteiger partial charge in [-0.2, -0.15) is 11.8 Å². The van der Waals surface area contributed by atoms with Crippen LogP contribution < -0.4 is 5.32 Å². The van der Waals surface area contributed by atoms with Gasteiger partial charge in [0.15, 0.2) is 0 Å². The molecule has 118 valence electrons. The molecule has 0 aliphatic rings. The number of hydrogen-bond acceptors (Lipinski definition) is 4. The number of aryl methyl sites for hydroxylation is 1.